The van der Waals surface area contributed by atoms with Crippen LogP contribution in [0.2, 0.25) is 0 Å². The Balaban J connectivity index is 1.66. The molecule has 0 aliphatic carbocycles. The minimum Gasteiger partial charge on any atom is -0.311 e. The second-order valence-electron chi connectivity index (χ2n) is 7.50. The fourth-order valence-corrected chi connectivity index (χ4v) is 4.75. The van der Waals surface area contributed by atoms with Crippen LogP contribution in [0, 0.1) is 5.92 Å². The molecule has 0 bridgehead atoms. The number of fused-ring (bicyclic) bond motifs is 1. The minimum absolute atomic E-state index is 0.265. The monoisotopic (exact) mass is 304 g/mol. The molecule has 1 aromatic carbocycles. The van der Waals surface area contributed by atoms with E-state index >= 15 is 0 Å². The lowest BCUT2D eigenvalue weighted by molar-refractivity contribution is 0.0553. The number of benzene rings is 1. The van der Waals surface area contributed by atoms with Gasteiger partial charge in [0.2, 0.25) is 0 Å². The second-order valence-corrected chi connectivity index (χ2v) is 8.84. The molecule has 1 fully saturated rings. The molecular weight excluding hydrogens is 276 g/mol. The smallest absolute Gasteiger partial charge is 0.0278 e. The van der Waals surface area contributed by atoms with Gasteiger partial charge >= 0.3 is 0 Å². The van der Waals surface area contributed by atoms with Crippen LogP contribution in [-0.2, 0) is 6.42 Å². The molecule has 2 atom stereocenters. The Morgan fingerprint density at radius 2 is 2.10 bits per heavy atom. The predicted molar refractivity (Wildman–Crippen MR) is 92.1 cm³/mol. The van der Waals surface area contributed by atoms with E-state index in [-0.39, 0.29) is 5.54 Å². The summed E-state index contributed by atoms with van der Waals surface area (Å²) in [5.74, 6) is 0.706. The lowest BCUT2D eigenvalue weighted by Crippen LogP contribution is -2.64. The highest BCUT2D eigenvalue weighted by atomic mass is 32.2. The zero-order valence-corrected chi connectivity index (χ0v) is 14.5. The molecule has 1 N–H and O–H groups in total. The van der Waals surface area contributed by atoms with E-state index in [1.807, 2.05) is 0 Å². The summed E-state index contributed by atoms with van der Waals surface area (Å²) in [6, 6.07) is 9.54. The fraction of sp³-hybridized carbons (Fsp3) is 0.667. The van der Waals surface area contributed by atoms with Gasteiger partial charge < -0.3 is 5.32 Å². The Kier molecular flexibility index (Phi) is 4.35. The quantitative estimate of drug-likeness (QED) is 0.921. The number of hydrogen-bond donors (Lipinski definition) is 1. The van der Waals surface area contributed by atoms with Crippen molar-refractivity contribution in [2.24, 2.45) is 5.92 Å². The van der Waals surface area contributed by atoms with Gasteiger partial charge in [-0.15, -0.1) is 11.8 Å². The van der Waals surface area contributed by atoms with Crippen molar-refractivity contribution in [1.82, 2.24) is 10.2 Å². The summed E-state index contributed by atoms with van der Waals surface area (Å²) in [5.41, 5.74) is 1.81. The molecule has 0 amide bonds. The van der Waals surface area contributed by atoms with Crippen molar-refractivity contribution in [3.63, 3.8) is 0 Å². The number of nitrogens with one attached hydrogen (secondary N) is 1. The molecule has 116 valence electrons. The topological polar surface area (TPSA) is 15.3 Å². The molecule has 1 saturated heterocycles. The van der Waals surface area contributed by atoms with Gasteiger partial charge in [0.1, 0.15) is 0 Å². The first-order valence-corrected chi connectivity index (χ1v) is 9.07. The van der Waals surface area contributed by atoms with Gasteiger partial charge in [-0.2, -0.15) is 0 Å². The van der Waals surface area contributed by atoms with Gasteiger partial charge in [-0.1, -0.05) is 32.0 Å². The first-order valence-electron chi connectivity index (χ1n) is 8.19. The van der Waals surface area contributed by atoms with Crippen molar-refractivity contribution in [1.29, 1.82) is 0 Å². The standard InChI is InChI=1S/C18H28N2S/c1-13(2)16-11-20(18(3,4)12-19-16)10-15-9-14-7-5-6-8-17(14)21-15/h5-8,13,15-16,19H,9-12H2,1-4H3. The van der Waals surface area contributed by atoms with Crippen LogP contribution >= 0.6 is 11.8 Å². The van der Waals surface area contributed by atoms with Crippen molar-refractivity contribution in [3.05, 3.63) is 29.8 Å². The Hall–Kier alpha value is -0.510. The molecule has 2 aliphatic rings. The summed E-state index contributed by atoms with van der Waals surface area (Å²) in [6.45, 7) is 12.9. The van der Waals surface area contributed by atoms with E-state index in [0.29, 0.717) is 17.2 Å². The highest BCUT2D eigenvalue weighted by molar-refractivity contribution is 8.00. The normalized spacial score (nSPS) is 28.8. The summed E-state index contributed by atoms with van der Waals surface area (Å²) in [4.78, 5) is 4.22. The van der Waals surface area contributed by atoms with Crippen LogP contribution < -0.4 is 5.32 Å². The van der Waals surface area contributed by atoms with Crippen molar-refractivity contribution < 1.29 is 0 Å². The van der Waals surface area contributed by atoms with Gasteiger partial charge in [-0.05, 0) is 37.8 Å². The summed E-state index contributed by atoms with van der Waals surface area (Å²) in [5, 5.41) is 4.45. The Bertz CT molecular complexity index is 473. The molecule has 3 heteroatoms. The van der Waals surface area contributed by atoms with Gasteiger partial charge in [0.05, 0.1) is 0 Å². The lowest BCUT2D eigenvalue weighted by Gasteiger charge is -2.48. The summed E-state index contributed by atoms with van der Waals surface area (Å²) < 4.78 is 0. The molecule has 0 spiro atoms. The van der Waals surface area contributed by atoms with Crippen LogP contribution in [0.4, 0.5) is 0 Å². The maximum absolute atomic E-state index is 3.73. The fourth-order valence-electron chi connectivity index (χ4n) is 3.41. The average molecular weight is 305 g/mol. The van der Waals surface area contributed by atoms with Gasteiger partial charge in [-0.3, -0.25) is 4.90 Å². The van der Waals surface area contributed by atoms with E-state index < -0.39 is 0 Å². The van der Waals surface area contributed by atoms with Crippen molar-refractivity contribution >= 4 is 11.8 Å². The molecule has 1 aromatic rings. The molecule has 0 aromatic heterocycles. The Morgan fingerprint density at radius 1 is 1.33 bits per heavy atom. The van der Waals surface area contributed by atoms with Gasteiger partial charge in [0.15, 0.2) is 0 Å². The molecule has 21 heavy (non-hydrogen) atoms. The maximum atomic E-state index is 3.73. The summed E-state index contributed by atoms with van der Waals surface area (Å²) >= 11 is 2.08. The number of hydrogen-bond acceptors (Lipinski definition) is 3. The highest BCUT2D eigenvalue weighted by Crippen LogP contribution is 2.38. The second kappa shape index (κ2) is 5.94. The number of rotatable bonds is 3. The van der Waals surface area contributed by atoms with Gasteiger partial charge in [-0.25, -0.2) is 0 Å². The van der Waals surface area contributed by atoms with E-state index in [1.54, 1.807) is 5.56 Å². The summed E-state index contributed by atoms with van der Waals surface area (Å²) in [7, 11) is 0. The zero-order valence-electron chi connectivity index (χ0n) is 13.7. The molecule has 2 nitrogen and oxygen atoms in total. The lowest BCUT2D eigenvalue weighted by atomic mass is 9.92. The minimum atomic E-state index is 0.265. The van der Waals surface area contributed by atoms with E-state index in [2.05, 4.69) is 73.9 Å². The molecular formula is C18H28N2S. The van der Waals surface area contributed by atoms with Crippen molar-refractivity contribution in [2.45, 2.75) is 55.8 Å². The molecule has 3 rings (SSSR count). The molecule has 2 aliphatic heterocycles. The molecule has 2 heterocycles. The third-order valence-electron chi connectivity index (χ3n) is 5.01. The van der Waals surface area contributed by atoms with Crippen LogP contribution in [0.25, 0.3) is 0 Å². The zero-order chi connectivity index (χ0) is 15.0. The maximum Gasteiger partial charge on any atom is 0.0278 e. The third kappa shape index (κ3) is 3.30. The van der Waals surface area contributed by atoms with E-state index in [9.17, 15) is 0 Å². The molecule has 0 radical (unpaired) electrons. The number of thioether (sulfide) groups is 1. The van der Waals surface area contributed by atoms with Crippen molar-refractivity contribution in [3.8, 4) is 0 Å². The Labute approximate surface area is 133 Å². The van der Waals surface area contributed by atoms with Gasteiger partial charge in [0, 0.05) is 41.4 Å². The van der Waals surface area contributed by atoms with Crippen LogP contribution in [0.5, 0.6) is 0 Å². The SMILES string of the molecule is CC(C)C1CN(CC2Cc3ccccc3S2)C(C)(C)CN1. The third-order valence-corrected chi connectivity index (χ3v) is 6.31. The summed E-state index contributed by atoms with van der Waals surface area (Å²) in [6.07, 6.45) is 1.23. The average Bonchev–Trinajstić information content (AvgIpc) is 2.83. The highest BCUT2D eigenvalue weighted by Gasteiger charge is 2.37. The largest absolute Gasteiger partial charge is 0.311 e. The van der Waals surface area contributed by atoms with E-state index in [0.717, 1.165) is 6.54 Å². The number of piperazine rings is 1. The van der Waals surface area contributed by atoms with E-state index in [1.165, 1.54) is 24.4 Å². The molecule has 0 saturated carbocycles. The first-order chi connectivity index (χ1) is 9.95. The Morgan fingerprint density at radius 3 is 2.81 bits per heavy atom. The van der Waals surface area contributed by atoms with Crippen LogP contribution in [-0.4, -0.2) is 41.4 Å². The first kappa shape index (κ1) is 15.4. The van der Waals surface area contributed by atoms with Crippen LogP contribution in [0.15, 0.2) is 29.2 Å². The van der Waals surface area contributed by atoms with E-state index in [4.69, 9.17) is 0 Å². The molecule has 2 unspecified atom stereocenters. The van der Waals surface area contributed by atoms with Crippen LogP contribution in [0.1, 0.15) is 33.3 Å². The van der Waals surface area contributed by atoms with Crippen LogP contribution in [0.3, 0.4) is 0 Å². The predicted octanol–water partition coefficient (Wildman–Crippen LogP) is 3.41. The number of nitrogens with zero attached hydrogens (tertiary/aromatic N) is 1. The van der Waals surface area contributed by atoms with Gasteiger partial charge in [0.25, 0.3) is 0 Å². The van der Waals surface area contributed by atoms with Crippen molar-refractivity contribution in [2.75, 3.05) is 19.6 Å².